The molecule has 0 saturated carbocycles. The lowest BCUT2D eigenvalue weighted by atomic mass is 9.99. The van der Waals surface area contributed by atoms with E-state index >= 15 is 0 Å². The smallest absolute Gasteiger partial charge is 0.243 e. The van der Waals surface area contributed by atoms with Crippen molar-refractivity contribution in [3.8, 4) is 0 Å². The molecule has 0 aromatic heterocycles. The fourth-order valence-electron chi connectivity index (χ4n) is 3.98. The van der Waals surface area contributed by atoms with Crippen LogP contribution in [0.5, 0.6) is 0 Å². The van der Waals surface area contributed by atoms with E-state index in [4.69, 9.17) is 0 Å². The van der Waals surface area contributed by atoms with Crippen LogP contribution in [-0.2, 0) is 29.0 Å². The van der Waals surface area contributed by atoms with Gasteiger partial charge >= 0.3 is 0 Å². The summed E-state index contributed by atoms with van der Waals surface area (Å²) in [6.07, 6.45) is 0.707. The van der Waals surface area contributed by atoms with Crippen molar-refractivity contribution in [3.63, 3.8) is 0 Å². The standard InChI is InChI=1S/C29H33BrN2O2/c1-20(2)31-29(34)27(17-23-8-6-5-7-9-23)32(19-24-12-14-26(30)15-13-24)28(33)18-25-16-21(3)10-11-22(25)4/h5-16,20,27H,17-19H2,1-4H3,(H,31,34)/t27-/m1/s1. The number of rotatable bonds is 9. The third kappa shape index (κ3) is 7.29. The molecular weight excluding hydrogens is 488 g/mol. The Morgan fingerprint density at radius 2 is 1.59 bits per heavy atom. The van der Waals surface area contributed by atoms with Crippen LogP contribution in [0.4, 0.5) is 0 Å². The quantitative estimate of drug-likeness (QED) is 0.389. The second-order valence-electron chi connectivity index (χ2n) is 9.12. The van der Waals surface area contributed by atoms with Gasteiger partial charge in [-0.05, 0) is 62.1 Å². The van der Waals surface area contributed by atoms with E-state index in [0.717, 1.165) is 32.3 Å². The van der Waals surface area contributed by atoms with Gasteiger partial charge in [0.15, 0.2) is 0 Å². The summed E-state index contributed by atoms with van der Waals surface area (Å²) >= 11 is 3.48. The highest BCUT2D eigenvalue weighted by Gasteiger charge is 2.31. The van der Waals surface area contributed by atoms with Crippen molar-refractivity contribution in [2.75, 3.05) is 0 Å². The molecule has 0 spiro atoms. The van der Waals surface area contributed by atoms with Crippen molar-refractivity contribution >= 4 is 27.7 Å². The van der Waals surface area contributed by atoms with E-state index in [9.17, 15) is 9.59 Å². The highest BCUT2D eigenvalue weighted by Crippen LogP contribution is 2.20. The molecule has 0 aliphatic heterocycles. The third-order valence-electron chi connectivity index (χ3n) is 5.81. The summed E-state index contributed by atoms with van der Waals surface area (Å²) in [5, 5.41) is 3.04. The summed E-state index contributed by atoms with van der Waals surface area (Å²) in [5.41, 5.74) is 5.19. The van der Waals surface area contributed by atoms with Gasteiger partial charge in [-0.2, -0.15) is 0 Å². The summed E-state index contributed by atoms with van der Waals surface area (Å²) in [6.45, 7) is 8.29. The molecule has 1 N–H and O–H groups in total. The predicted octanol–water partition coefficient (Wildman–Crippen LogP) is 5.77. The number of carbonyl (C=O) groups is 2. The van der Waals surface area contributed by atoms with Crippen LogP contribution in [-0.4, -0.2) is 28.8 Å². The minimum atomic E-state index is -0.619. The largest absolute Gasteiger partial charge is 0.352 e. The van der Waals surface area contributed by atoms with Crippen LogP contribution >= 0.6 is 15.9 Å². The molecule has 34 heavy (non-hydrogen) atoms. The minimum absolute atomic E-state index is 0.0191. The molecule has 0 aliphatic rings. The first kappa shape index (κ1) is 25.7. The zero-order chi connectivity index (χ0) is 24.7. The average Bonchev–Trinajstić information content (AvgIpc) is 2.80. The topological polar surface area (TPSA) is 49.4 Å². The maximum Gasteiger partial charge on any atom is 0.243 e. The zero-order valence-corrected chi connectivity index (χ0v) is 21.9. The van der Waals surface area contributed by atoms with Crippen molar-refractivity contribution in [3.05, 3.63) is 105 Å². The molecule has 5 heteroatoms. The van der Waals surface area contributed by atoms with Crippen LogP contribution in [0.3, 0.4) is 0 Å². The van der Waals surface area contributed by atoms with Gasteiger partial charge in [-0.3, -0.25) is 9.59 Å². The van der Waals surface area contributed by atoms with E-state index in [2.05, 4.69) is 33.4 Å². The number of aryl methyl sites for hydroxylation is 2. The Hall–Kier alpha value is -2.92. The molecule has 2 amide bonds. The first-order chi connectivity index (χ1) is 16.2. The van der Waals surface area contributed by atoms with Crippen LogP contribution in [0.25, 0.3) is 0 Å². The highest BCUT2D eigenvalue weighted by atomic mass is 79.9. The Morgan fingerprint density at radius 3 is 2.24 bits per heavy atom. The molecule has 3 aromatic carbocycles. The number of amides is 2. The van der Waals surface area contributed by atoms with Gasteiger partial charge in [0.2, 0.25) is 11.8 Å². The van der Waals surface area contributed by atoms with E-state index in [1.807, 2.05) is 88.4 Å². The molecule has 0 bridgehead atoms. The maximum atomic E-state index is 13.8. The fraction of sp³-hybridized carbons (Fsp3) is 0.310. The third-order valence-corrected chi connectivity index (χ3v) is 6.34. The Bertz CT molecular complexity index is 1110. The van der Waals surface area contributed by atoms with Gasteiger partial charge in [-0.25, -0.2) is 0 Å². The van der Waals surface area contributed by atoms with E-state index in [0.29, 0.717) is 13.0 Å². The van der Waals surface area contributed by atoms with E-state index in [1.165, 1.54) is 0 Å². The van der Waals surface area contributed by atoms with Crippen molar-refractivity contribution in [2.45, 2.75) is 59.2 Å². The van der Waals surface area contributed by atoms with Gasteiger partial charge in [0.05, 0.1) is 6.42 Å². The Morgan fingerprint density at radius 1 is 0.912 bits per heavy atom. The second kappa shape index (κ2) is 12.0. The lowest BCUT2D eigenvalue weighted by Gasteiger charge is -2.32. The number of nitrogens with one attached hydrogen (secondary N) is 1. The Kier molecular flexibility index (Phi) is 9.05. The van der Waals surface area contributed by atoms with Crippen molar-refractivity contribution in [1.29, 1.82) is 0 Å². The molecule has 0 heterocycles. The summed E-state index contributed by atoms with van der Waals surface area (Å²) < 4.78 is 0.975. The molecule has 0 radical (unpaired) electrons. The Balaban J connectivity index is 1.99. The SMILES string of the molecule is Cc1ccc(C)c(CC(=O)N(Cc2ccc(Br)cc2)[C@H](Cc2ccccc2)C(=O)NC(C)C)c1. The van der Waals surface area contributed by atoms with Gasteiger partial charge in [0, 0.05) is 23.5 Å². The molecule has 1 atom stereocenters. The highest BCUT2D eigenvalue weighted by molar-refractivity contribution is 9.10. The van der Waals surface area contributed by atoms with Crippen molar-refractivity contribution in [2.24, 2.45) is 0 Å². The summed E-state index contributed by atoms with van der Waals surface area (Å²) in [7, 11) is 0. The molecule has 3 aromatic rings. The Labute approximate surface area is 211 Å². The van der Waals surface area contributed by atoms with E-state index < -0.39 is 6.04 Å². The van der Waals surface area contributed by atoms with Gasteiger partial charge < -0.3 is 10.2 Å². The molecule has 0 aliphatic carbocycles. The van der Waals surface area contributed by atoms with Gasteiger partial charge in [0.25, 0.3) is 0 Å². The van der Waals surface area contributed by atoms with Crippen LogP contribution < -0.4 is 5.32 Å². The van der Waals surface area contributed by atoms with Crippen molar-refractivity contribution in [1.82, 2.24) is 10.2 Å². The molecule has 4 nitrogen and oxygen atoms in total. The number of hydrogen-bond acceptors (Lipinski definition) is 2. The number of carbonyl (C=O) groups excluding carboxylic acids is 2. The molecular formula is C29H33BrN2O2. The summed E-state index contributed by atoms with van der Waals surface area (Å²) in [4.78, 5) is 29.0. The molecule has 3 rings (SSSR count). The predicted molar refractivity (Wildman–Crippen MR) is 142 cm³/mol. The lowest BCUT2D eigenvalue weighted by Crippen LogP contribution is -2.52. The van der Waals surface area contributed by atoms with Crippen LogP contribution in [0.1, 0.15) is 41.7 Å². The first-order valence-electron chi connectivity index (χ1n) is 11.7. The van der Waals surface area contributed by atoms with Gasteiger partial charge in [-0.15, -0.1) is 0 Å². The normalized spacial score (nSPS) is 11.8. The molecule has 0 unspecified atom stereocenters. The van der Waals surface area contributed by atoms with Crippen LogP contribution in [0.2, 0.25) is 0 Å². The van der Waals surface area contributed by atoms with E-state index in [1.54, 1.807) is 4.90 Å². The van der Waals surface area contributed by atoms with Gasteiger partial charge in [-0.1, -0.05) is 82.2 Å². The number of hydrogen-bond donors (Lipinski definition) is 1. The van der Waals surface area contributed by atoms with Crippen molar-refractivity contribution < 1.29 is 9.59 Å². The second-order valence-corrected chi connectivity index (χ2v) is 10.0. The summed E-state index contributed by atoms with van der Waals surface area (Å²) in [5.74, 6) is -0.193. The fourth-order valence-corrected chi connectivity index (χ4v) is 4.24. The average molecular weight is 521 g/mol. The summed E-state index contributed by atoms with van der Waals surface area (Å²) in [6, 6.07) is 23.3. The van der Waals surface area contributed by atoms with Crippen LogP contribution in [0.15, 0.2) is 77.3 Å². The molecule has 0 saturated heterocycles. The van der Waals surface area contributed by atoms with Crippen LogP contribution in [0, 0.1) is 13.8 Å². The number of benzene rings is 3. The molecule has 178 valence electrons. The van der Waals surface area contributed by atoms with E-state index in [-0.39, 0.29) is 24.3 Å². The number of halogens is 1. The zero-order valence-electron chi connectivity index (χ0n) is 20.3. The lowest BCUT2D eigenvalue weighted by molar-refractivity contribution is -0.141. The first-order valence-corrected chi connectivity index (χ1v) is 12.5. The number of nitrogens with zero attached hydrogens (tertiary/aromatic N) is 1. The minimum Gasteiger partial charge on any atom is -0.352 e. The van der Waals surface area contributed by atoms with Gasteiger partial charge in [0.1, 0.15) is 6.04 Å². The molecule has 0 fully saturated rings. The monoisotopic (exact) mass is 520 g/mol. The maximum absolute atomic E-state index is 13.8.